The van der Waals surface area contributed by atoms with Gasteiger partial charge >= 0.3 is 0 Å². The monoisotopic (exact) mass is 530 g/mol. The summed E-state index contributed by atoms with van der Waals surface area (Å²) in [5, 5.41) is 12.6. The van der Waals surface area contributed by atoms with Gasteiger partial charge in [0.2, 0.25) is 15.2 Å². The number of nitrogens with two attached hydrogens (primary N) is 1. The number of halogens is 2. The van der Waals surface area contributed by atoms with Crippen LogP contribution in [0.2, 0.25) is 0 Å². The Bertz CT molecular complexity index is 1450. The molecule has 2 N–H and O–H groups in total. The van der Waals surface area contributed by atoms with Gasteiger partial charge in [-0.2, -0.15) is 5.10 Å². The fraction of sp³-hybridized carbons (Fsp3) is 0.0909. The highest BCUT2D eigenvalue weighted by Crippen LogP contribution is 2.40. The van der Waals surface area contributed by atoms with Gasteiger partial charge in [-0.3, -0.25) is 0 Å². The van der Waals surface area contributed by atoms with E-state index in [1.165, 1.54) is 35.6 Å². The first-order chi connectivity index (χ1) is 15.3. The lowest BCUT2D eigenvalue weighted by atomic mass is 9.98. The first-order valence-electron chi connectivity index (χ1n) is 9.59. The average molecular weight is 531 g/mol. The van der Waals surface area contributed by atoms with Crippen molar-refractivity contribution in [2.75, 3.05) is 5.01 Å². The fourth-order valence-electron chi connectivity index (χ4n) is 3.62. The van der Waals surface area contributed by atoms with E-state index in [9.17, 15) is 12.8 Å². The lowest BCUT2D eigenvalue weighted by molar-refractivity contribution is 0.598. The van der Waals surface area contributed by atoms with E-state index in [2.05, 4.69) is 20.9 Å². The summed E-state index contributed by atoms with van der Waals surface area (Å²) in [4.78, 5) is 4.71. The highest BCUT2D eigenvalue weighted by Gasteiger charge is 2.32. The molecule has 0 saturated heterocycles. The molecule has 5 rings (SSSR count). The molecule has 0 saturated carbocycles. The molecule has 3 aromatic carbocycles. The Morgan fingerprint density at radius 3 is 2.47 bits per heavy atom. The summed E-state index contributed by atoms with van der Waals surface area (Å²) in [6, 6.07) is 18.7. The smallest absolute Gasteiger partial charge is 0.231 e. The predicted octanol–water partition coefficient (Wildman–Crippen LogP) is 5.20. The molecule has 162 valence electrons. The van der Waals surface area contributed by atoms with Crippen LogP contribution in [0.1, 0.15) is 23.6 Å². The molecular weight excluding hydrogens is 515 g/mol. The molecule has 4 aromatic rings. The third-order valence-electron chi connectivity index (χ3n) is 5.22. The van der Waals surface area contributed by atoms with Gasteiger partial charge in [0.05, 0.1) is 26.9 Å². The van der Waals surface area contributed by atoms with Crippen molar-refractivity contribution in [3.05, 3.63) is 88.1 Å². The second kappa shape index (κ2) is 8.04. The van der Waals surface area contributed by atoms with E-state index in [4.69, 9.17) is 10.2 Å². The van der Waals surface area contributed by atoms with Gasteiger partial charge in [-0.25, -0.2) is 27.9 Å². The van der Waals surface area contributed by atoms with E-state index in [1.807, 2.05) is 29.3 Å². The predicted molar refractivity (Wildman–Crippen MR) is 128 cm³/mol. The molecule has 2 heterocycles. The summed E-state index contributed by atoms with van der Waals surface area (Å²) >= 11 is 4.78. The minimum absolute atomic E-state index is 0.0377. The first kappa shape index (κ1) is 21.2. The van der Waals surface area contributed by atoms with Gasteiger partial charge in [0, 0.05) is 10.9 Å². The SMILES string of the molecule is NS(=O)(=O)c1ccc2nc(N3N=C(c4ccc(Br)cc4)CC3c3ccc(F)cc3)sc2c1. The standard InChI is InChI=1S/C22H16BrFN4O2S2/c23-15-5-1-13(2-6-15)19-12-20(14-3-7-16(24)8-4-14)28(27-19)22-26-18-10-9-17(32(25,29)30)11-21(18)31-22/h1-11,20H,12H2,(H2,25,29,30). The molecule has 0 fully saturated rings. The normalized spacial score (nSPS) is 16.5. The van der Waals surface area contributed by atoms with E-state index in [0.29, 0.717) is 21.8 Å². The number of thiazole rings is 1. The van der Waals surface area contributed by atoms with E-state index in [0.717, 1.165) is 21.3 Å². The Morgan fingerprint density at radius 2 is 1.78 bits per heavy atom. The van der Waals surface area contributed by atoms with E-state index >= 15 is 0 Å². The van der Waals surface area contributed by atoms with Crippen LogP contribution >= 0.6 is 27.3 Å². The van der Waals surface area contributed by atoms with E-state index in [1.54, 1.807) is 18.2 Å². The van der Waals surface area contributed by atoms with Gasteiger partial charge in [-0.15, -0.1) is 0 Å². The van der Waals surface area contributed by atoms with Crippen molar-refractivity contribution in [2.45, 2.75) is 17.4 Å². The van der Waals surface area contributed by atoms with Crippen LogP contribution in [-0.4, -0.2) is 19.1 Å². The Hall–Kier alpha value is -2.66. The Kier molecular flexibility index (Phi) is 5.32. The third-order valence-corrected chi connectivity index (χ3v) is 7.66. The van der Waals surface area contributed by atoms with Crippen molar-refractivity contribution in [1.29, 1.82) is 0 Å². The van der Waals surface area contributed by atoms with Crippen LogP contribution < -0.4 is 10.1 Å². The summed E-state index contributed by atoms with van der Waals surface area (Å²) in [7, 11) is -3.81. The zero-order valence-corrected chi connectivity index (χ0v) is 19.7. The number of hydrogen-bond acceptors (Lipinski definition) is 6. The molecule has 6 nitrogen and oxygen atoms in total. The lowest BCUT2D eigenvalue weighted by Gasteiger charge is -2.21. The quantitative estimate of drug-likeness (QED) is 0.392. The summed E-state index contributed by atoms with van der Waals surface area (Å²) in [6.07, 6.45) is 0.617. The third kappa shape index (κ3) is 4.06. The van der Waals surface area contributed by atoms with Crippen LogP contribution in [0.3, 0.4) is 0 Å². The van der Waals surface area contributed by atoms with Gasteiger partial charge in [0.25, 0.3) is 0 Å². The number of aromatic nitrogens is 1. The summed E-state index contributed by atoms with van der Waals surface area (Å²) in [5.74, 6) is -0.303. The van der Waals surface area contributed by atoms with Crippen LogP contribution in [0.5, 0.6) is 0 Å². The number of hydrazone groups is 1. The number of primary sulfonamides is 1. The molecule has 1 aliphatic rings. The largest absolute Gasteiger partial charge is 0.238 e. The fourth-order valence-corrected chi connectivity index (χ4v) is 5.50. The number of benzene rings is 3. The van der Waals surface area contributed by atoms with Crippen molar-refractivity contribution in [3.8, 4) is 0 Å². The maximum Gasteiger partial charge on any atom is 0.238 e. The Balaban J connectivity index is 1.60. The average Bonchev–Trinajstić information content (AvgIpc) is 3.38. The van der Waals surface area contributed by atoms with Crippen LogP contribution in [-0.2, 0) is 10.0 Å². The molecule has 1 aromatic heterocycles. The maximum absolute atomic E-state index is 13.5. The van der Waals surface area contributed by atoms with Crippen LogP contribution in [0.15, 0.2) is 81.2 Å². The van der Waals surface area contributed by atoms with Crippen LogP contribution in [0, 0.1) is 5.82 Å². The second-order valence-electron chi connectivity index (χ2n) is 7.34. The van der Waals surface area contributed by atoms with Gasteiger partial charge in [-0.05, 0) is 53.6 Å². The van der Waals surface area contributed by atoms with E-state index < -0.39 is 10.0 Å². The molecule has 0 bridgehead atoms. The van der Waals surface area contributed by atoms with Gasteiger partial charge in [0.1, 0.15) is 5.82 Å². The maximum atomic E-state index is 13.5. The number of fused-ring (bicyclic) bond motifs is 1. The number of rotatable bonds is 4. The summed E-state index contributed by atoms with van der Waals surface area (Å²) < 4.78 is 38.6. The molecule has 10 heteroatoms. The molecule has 0 aliphatic carbocycles. The molecule has 1 atom stereocenters. The minimum Gasteiger partial charge on any atom is -0.231 e. The summed E-state index contributed by atoms with van der Waals surface area (Å²) in [6.45, 7) is 0. The number of hydrogen-bond donors (Lipinski definition) is 1. The molecule has 1 aliphatic heterocycles. The summed E-state index contributed by atoms with van der Waals surface area (Å²) in [5.41, 5.74) is 3.44. The number of anilines is 1. The van der Waals surface area contributed by atoms with Crippen LogP contribution in [0.25, 0.3) is 10.2 Å². The highest BCUT2D eigenvalue weighted by atomic mass is 79.9. The molecule has 0 radical (unpaired) electrons. The first-order valence-corrected chi connectivity index (χ1v) is 12.7. The highest BCUT2D eigenvalue weighted by molar-refractivity contribution is 9.10. The molecule has 32 heavy (non-hydrogen) atoms. The topological polar surface area (TPSA) is 88.7 Å². The van der Waals surface area contributed by atoms with Gasteiger partial charge < -0.3 is 0 Å². The van der Waals surface area contributed by atoms with Crippen molar-refractivity contribution >= 4 is 58.3 Å². The van der Waals surface area contributed by atoms with E-state index in [-0.39, 0.29) is 16.8 Å². The van der Waals surface area contributed by atoms with Gasteiger partial charge in [-0.1, -0.05) is 51.5 Å². The minimum atomic E-state index is -3.81. The van der Waals surface area contributed by atoms with Crippen molar-refractivity contribution in [3.63, 3.8) is 0 Å². The zero-order chi connectivity index (χ0) is 22.5. The number of nitrogens with zero attached hydrogens (tertiary/aromatic N) is 3. The molecular formula is C22H16BrFN4O2S2. The molecule has 1 unspecified atom stereocenters. The second-order valence-corrected chi connectivity index (χ2v) is 10.8. The van der Waals surface area contributed by atoms with Crippen molar-refractivity contribution < 1.29 is 12.8 Å². The number of sulfonamides is 1. The lowest BCUT2D eigenvalue weighted by Crippen LogP contribution is -2.18. The van der Waals surface area contributed by atoms with Crippen molar-refractivity contribution in [2.24, 2.45) is 10.2 Å². The van der Waals surface area contributed by atoms with Crippen molar-refractivity contribution in [1.82, 2.24) is 4.98 Å². The Morgan fingerprint density at radius 1 is 1.06 bits per heavy atom. The molecule has 0 spiro atoms. The van der Waals surface area contributed by atoms with Crippen LogP contribution in [0.4, 0.5) is 9.52 Å². The van der Waals surface area contributed by atoms with Gasteiger partial charge in [0.15, 0.2) is 0 Å². The zero-order valence-electron chi connectivity index (χ0n) is 16.4. The Labute approximate surface area is 196 Å². The molecule has 0 amide bonds.